The highest BCUT2D eigenvalue weighted by Gasteiger charge is 2.14. The Labute approximate surface area is 189 Å². The third-order valence-electron chi connectivity index (χ3n) is 3.61. The molecule has 1 aromatic carbocycles. The van der Waals surface area contributed by atoms with Crippen LogP contribution in [-0.4, -0.2) is 73.5 Å². The zero-order chi connectivity index (χ0) is 23.1. The van der Waals surface area contributed by atoms with Crippen LogP contribution in [0.5, 0.6) is 0 Å². The molecule has 0 aliphatic carbocycles. The number of hydrogen-bond donors (Lipinski definition) is 4. The molecule has 0 aliphatic rings. The number of nitrogen functional groups attached to an aromatic ring is 1. The number of alkyl halides is 1. The molecular weight excluding hydrogens is 495 g/mol. The van der Waals surface area contributed by atoms with Crippen LogP contribution >= 0.6 is 23.2 Å². The standard InChI is InChI=1S/C15H20Cl2N6O6S2/c16-3-7-30(24,25)8-6-29-5-4-19-14-21-13(17)22-15(23-14)20-10-1-2-12(11(18)9-10)31(26,27)28/h1-2,9H,3-8,18H2,(H,26,27,28)(H2,19,20,21,22,23). The van der Waals surface area contributed by atoms with Crippen molar-refractivity contribution in [2.45, 2.75) is 4.90 Å². The van der Waals surface area contributed by atoms with E-state index in [2.05, 4.69) is 25.6 Å². The van der Waals surface area contributed by atoms with Crippen molar-refractivity contribution in [3.63, 3.8) is 0 Å². The van der Waals surface area contributed by atoms with Gasteiger partial charge in [0, 0.05) is 18.1 Å². The molecule has 5 N–H and O–H groups in total. The van der Waals surface area contributed by atoms with Crippen molar-refractivity contribution in [3.05, 3.63) is 23.5 Å². The Kier molecular flexibility index (Phi) is 9.02. The molecule has 0 saturated carbocycles. The summed E-state index contributed by atoms with van der Waals surface area (Å²) in [4.78, 5) is 11.5. The normalized spacial score (nSPS) is 12.0. The third kappa shape index (κ3) is 8.59. The summed E-state index contributed by atoms with van der Waals surface area (Å²) in [7, 11) is -7.66. The second-order valence-corrected chi connectivity index (χ2v) is 10.4. The van der Waals surface area contributed by atoms with Gasteiger partial charge in [0.05, 0.1) is 30.4 Å². The lowest BCUT2D eigenvalue weighted by molar-refractivity contribution is 0.159. The van der Waals surface area contributed by atoms with Gasteiger partial charge in [-0.15, -0.1) is 11.6 Å². The molecule has 31 heavy (non-hydrogen) atoms. The number of anilines is 4. The second-order valence-electron chi connectivity index (χ2n) is 5.98. The van der Waals surface area contributed by atoms with Crippen molar-refractivity contribution < 1.29 is 26.1 Å². The molecule has 0 fully saturated rings. The minimum absolute atomic E-state index is 0.0344. The molecule has 172 valence electrons. The fourth-order valence-corrected chi connectivity index (χ4v) is 4.49. The van der Waals surface area contributed by atoms with Gasteiger partial charge in [0.1, 0.15) is 4.90 Å². The number of ether oxygens (including phenoxy) is 1. The van der Waals surface area contributed by atoms with Gasteiger partial charge in [-0.05, 0) is 29.8 Å². The zero-order valence-electron chi connectivity index (χ0n) is 16.0. The zero-order valence-corrected chi connectivity index (χ0v) is 19.1. The van der Waals surface area contributed by atoms with Crippen molar-refractivity contribution in [1.29, 1.82) is 0 Å². The lowest BCUT2D eigenvalue weighted by Gasteiger charge is -2.10. The summed E-state index contributed by atoms with van der Waals surface area (Å²) < 4.78 is 59.8. The highest BCUT2D eigenvalue weighted by atomic mass is 35.5. The topological polar surface area (TPSA) is 186 Å². The summed E-state index contributed by atoms with van der Waals surface area (Å²) in [5, 5.41) is 5.53. The van der Waals surface area contributed by atoms with Gasteiger partial charge < -0.3 is 21.1 Å². The molecule has 0 aliphatic heterocycles. The summed E-state index contributed by atoms with van der Waals surface area (Å²) in [5.74, 6) is 0.000147. The number of nitrogens with zero attached hydrogens (tertiary/aromatic N) is 3. The fourth-order valence-electron chi connectivity index (χ4n) is 2.22. The molecule has 1 aromatic heterocycles. The van der Waals surface area contributed by atoms with Gasteiger partial charge in [-0.2, -0.15) is 23.4 Å². The van der Waals surface area contributed by atoms with Gasteiger partial charge in [-0.3, -0.25) is 4.55 Å². The van der Waals surface area contributed by atoms with E-state index < -0.39 is 24.9 Å². The van der Waals surface area contributed by atoms with Crippen LogP contribution in [0.4, 0.5) is 23.3 Å². The molecule has 0 atom stereocenters. The molecule has 16 heteroatoms. The van der Waals surface area contributed by atoms with Gasteiger partial charge in [0.25, 0.3) is 10.1 Å². The van der Waals surface area contributed by atoms with Crippen molar-refractivity contribution in [3.8, 4) is 0 Å². The second kappa shape index (κ2) is 11.1. The fraction of sp³-hybridized carbons (Fsp3) is 0.400. The highest BCUT2D eigenvalue weighted by Crippen LogP contribution is 2.24. The SMILES string of the molecule is Nc1cc(Nc2nc(Cl)nc(NCCOCCS(=O)(=O)CCCl)n2)ccc1S(=O)(=O)O. The third-order valence-corrected chi connectivity index (χ3v) is 6.73. The van der Waals surface area contributed by atoms with Gasteiger partial charge in [-0.1, -0.05) is 0 Å². The first-order chi connectivity index (χ1) is 14.5. The molecule has 2 aromatic rings. The molecule has 2 rings (SSSR count). The number of halogens is 2. The van der Waals surface area contributed by atoms with Gasteiger partial charge in [0.2, 0.25) is 17.2 Å². The van der Waals surface area contributed by atoms with Crippen LogP contribution in [0.3, 0.4) is 0 Å². The number of hydrogen-bond acceptors (Lipinski definition) is 11. The monoisotopic (exact) mass is 514 g/mol. The van der Waals surface area contributed by atoms with Crippen LogP contribution in [0.15, 0.2) is 23.1 Å². The maximum atomic E-state index is 11.5. The van der Waals surface area contributed by atoms with Crippen LogP contribution in [0, 0.1) is 0 Å². The summed E-state index contributed by atoms with van der Waals surface area (Å²) in [6.07, 6.45) is 0. The van der Waals surface area contributed by atoms with Crippen molar-refractivity contribution in [2.75, 3.05) is 53.5 Å². The average Bonchev–Trinajstić information content (AvgIpc) is 2.63. The van der Waals surface area contributed by atoms with E-state index in [0.717, 1.165) is 6.07 Å². The molecular formula is C15H20Cl2N6O6S2. The first-order valence-corrected chi connectivity index (χ1v) is 12.8. The Morgan fingerprint density at radius 3 is 2.42 bits per heavy atom. The number of benzene rings is 1. The Balaban J connectivity index is 1.91. The van der Waals surface area contributed by atoms with E-state index in [1.165, 1.54) is 12.1 Å². The number of rotatable bonds is 12. The van der Waals surface area contributed by atoms with Crippen molar-refractivity contribution >= 4 is 66.4 Å². The van der Waals surface area contributed by atoms with E-state index in [1.807, 2.05) is 0 Å². The molecule has 0 unspecified atom stereocenters. The Morgan fingerprint density at radius 2 is 1.77 bits per heavy atom. The maximum absolute atomic E-state index is 11.5. The molecule has 1 heterocycles. The van der Waals surface area contributed by atoms with E-state index in [-0.39, 0.29) is 60.0 Å². The van der Waals surface area contributed by atoms with E-state index in [9.17, 15) is 16.8 Å². The lowest BCUT2D eigenvalue weighted by Crippen LogP contribution is -2.19. The summed E-state index contributed by atoms with van der Waals surface area (Å²) >= 11 is 11.3. The molecule has 0 saturated heterocycles. The highest BCUT2D eigenvalue weighted by molar-refractivity contribution is 7.91. The molecule has 0 bridgehead atoms. The van der Waals surface area contributed by atoms with E-state index >= 15 is 0 Å². The Bertz CT molecular complexity index is 1120. The van der Waals surface area contributed by atoms with Crippen LogP contribution < -0.4 is 16.4 Å². The average molecular weight is 515 g/mol. The quantitative estimate of drug-likeness (QED) is 0.137. The Morgan fingerprint density at radius 1 is 1.06 bits per heavy atom. The van der Waals surface area contributed by atoms with Gasteiger partial charge >= 0.3 is 0 Å². The minimum Gasteiger partial charge on any atom is -0.398 e. The number of nitrogens with two attached hydrogens (primary N) is 1. The predicted molar refractivity (Wildman–Crippen MR) is 117 cm³/mol. The van der Waals surface area contributed by atoms with Crippen LogP contribution in [0.1, 0.15) is 0 Å². The first kappa shape index (κ1) is 25.3. The molecule has 0 amide bonds. The lowest BCUT2D eigenvalue weighted by atomic mass is 10.3. The Hall–Kier alpha value is -1.97. The summed E-state index contributed by atoms with van der Waals surface area (Å²) in [5.41, 5.74) is 5.82. The summed E-state index contributed by atoms with van der Waals surface area (Å²) in [6.45, 7) is 0.494. The van der Waals surface area contributed by atoms with Crippen LogP contribution in [0.25, 0.3) is 0 Å². The van der Waals surface area contributed by atoms with E-state index in [1.54, 1.807) is 0 Å². The molecule has 0 spiro atoms. The number of nitrogens with one attached hydrogen (secondary N) is 2. The minimum atomic E-state index is -4.44. The smallest absolute Gasteiger partial charge is 0.296 e. The molecule has 0 radical (unpaired) electrons. The predicted octanol–water partition coefficient (Wildman–Crippen LogP) is 1.18. The molecule has 12 nitrogen and oxygen atoms in total. The first-order valence-electron chi connectivity index (χ1n) is 8.64. The summed E-state index contributed by atoms with van der Waals surface area (Å²) in [6, 6.07) is 3.76. The largest absolute Gasteiger partial charge is 0.398 e. The number of aromatic nitrogens is 3. The van der Waals surface area contributed by atoms with Crippen LogP contribution in [0.2, 0.25) is 5.28 Å². The van der Waals surface area contributed by atoms with Crippen molar-refractivity contribution in [2.24, 2.45) is 0 Å². The van der Waals surface area contributed by atoms with E-state index in [0.29, 0.717) is 5.69 Å². The van der Waals surface area contributed by atoms with Gasteiger partial charge in [0.15, 0.2) is 9.84 Å². The number of sulfone groups is 1. The van der Waals surface area contributed by atoms with Gasteiger partial charge in [-0.25, -0.2) is 8.42 Å². The van der Waals surface area contributed by atoms with Crippen LogP contribution in [-0.2, 0) is 24.7 Å². The van der Waals surface area contributed by atoms with E-state index in [4.69, 9.17) is 38.2 Å². The maximum Gasteiger partial charge on any atom is 0.296 e. The van der Waals surface area contributed by atoms with Crippen molar-refractivity contribution in [1.82, 2.24) is 15.0 Å².